The molecule has 1 saturated heterocycles. The second-order valence-corrected chi connectivity index (χ2v) is 12.4. The van der Waals surface area contributed by atoms with Crippen molar-refractivity contribution in [3.8, 4) is 0 Å². The van der Waals surface area contributed by atoms with Crippen LogP contribution in [-0.2, 0) is 18.5 Å². The normalized spacial score (nSPS) is 23.0. The Morgan fingerprint density at radius 3 is 1.73 bits per heavy atom. The number of carbonyl (C=O) groups is 1. The van der Waals surface area contributed by atoms with Gasteiger partial charge in [0.1, 0.15) is 5.78 Å². The molecule has 0 aromatic rings. The summed E-state index contributed by atoms with van der Waals surface area (Å²) in [4.78, 5) is 12.4. The summed E-state index contributed by atoms with van der Waals surface area (Å²) in [5.74, 6) is -16.9. The van der Waals surface area contributed by atoms with Crippen LogP contribution in [0.5, 0.6) is 0 Å². The van der Waals surface area contributed by atoms with E-state index in [9.17, 15) is 52.7 Å². The highest BCUT2D eigenvalue weighted by molar-refractivity contribution is 8.33. The average molecular weight is 498 g/mol. The van der Waals surface area contributed by atoms with Gasteiger partial charge in [-0.05, 0) is 25.7 Å². The van der Waals surface area contributed by atoms with Crippen LogP contribution in [0.25, 0.3) is 0 Å². The van der Waals surface area contributed by atoms with Gasteiger partial charge in [0.25, 0.3) is 0 Å². The van der Waals surface area contributed by atoms with Crippen molar-refractivity contribution in [2.45, 2.75) is 61.8 Å². The fourth-order valence-corrected chi connectivity index (χ4v) is 9.19. The van der Waals surface area contributed by atoms with E-state index in [0.717, 1.165) is 0 Å². The number of hydrogen-bond acceptors (Lipinski definition) is 4. The van der Waals surface area contributed by atoms with E-state index < -0.39 is 61.2 Å². The summed E-state index contributed by atoms with van der Waals surface area (Å²) in [5.41, 5.74) is 0. The predicted molar refractivity (Wildman–Crippen MR) is 89.3 cm³/mol. The van der Waals surface area contributed by atoms with Crippen molar-refractivity contribution in [2.75, 3.05) is 17.3 Å². The highest BCUT2D eigenvalue weighted by Gasteiger charge is 2.86. The molecule has 178 valence electrons. The smallest absolute Gasteiger partial charge is 0.298 e. The molecule has 1 heterocycles. The third kappa shape index (κ3) is 4.30. The molecule has 2 fully saturated rings. The zero-order chi connectivity index (χ0) is 23.2. The number of halogens is 9. The molecule has 4 nitrogen and oxygen atoms in total. The molecule has 0 radical (unpaired) electrons. The van der Waals surface area contributed by atoms with Gasteiger partial charge in [-0.15, -0.1) is 10.3 Å². The molecule has 0 N–H and O–H groups in total. The van der Waals surface area contributed by atoms with Gasteiger partial charge in [-0.3, -0.25) is 4.79 Å². The molecular weight excluding hydrogens is 479 g/mol. The van der Waals surface area contributed by atoms with E-state index in [0.29, 0.717) is 25.7 Å². The Hall–Kier alpha value is -0.700. The molecule has 0 bridgehead atoms. The maximum atomic E-state index is 14.0. The lowest BCUT2D eigenvalue weighted by Gasteiger charge is -2.38. The number of Topliss-reactive ketones (excluding diaryl/α,β-unsaturated/α-hetero) is 1. The van der Waals surface area contributed by atoms with Crippen molar-refractivity contribution >= 4 is 26.2 Å². The van der Waals surface area contributed by atoms with Crippen molar-refractivity contribution in [2.24, 2.45) is 5.92 Å². The fourth-order valence-electron chi connectivity index (χ4n) is 3.44. The van der Waals surface area contributed by atoms with Gasteiger partial charge >= 0.3 is 33.4 Å². The van der Waals surface area contributed by atoms with Crippen LogP contribution in [-0.4, -0.2) is 54.7 Å². The molecule has 2 aliphatic rings. The zero-order valence-corrected chi connectivity index (χ0v) is 16.9. The van der Waals surface area contributed by atoms with Crippen LogP contribution in [0.15, 0.2) is 0 Å². The maximum absolute atomic E-state index is 14.0. The first-order chi connectivity index (χ1) is 13.4. The molecular formula is C15H19F9O4S2. The molecule has 0 atom stereocenters. The van der Waals surface area contributed by atoms with Crippen LogP contribution in [0.3, 0.4) is 0 Å². The topological polar surface area (TPSA) is 60.4 Å². The molecule has 1 saturated carbocycles. The van der Waals surface area contributed by atoms with Crippen molar-refractivity contribution < 1.29 is 56.4 Å². The SMILES string of the molecule is O=C(CS1(OS(=O)(=O)C(F)(F)C(F)(F)C(F)(F)C(F)(F)F)CCCC1)C1CCCC1. The summed E-state index contributed by atoms with van der Waals surface area (Å²) in [7, 11) is -10.2. The van der Waals surface area contributed by atoms with Crippen molar-refractivity contribution in [1.82, 2.24) is 0 Å². The largest absolute Gasteiger partial charge is 0.460 e. The zero-order valence-electron chi connectivity index (χ0n) is 15.3. The molecule has 2 rings (SSSR count). The van der Waals surface area contributed by atoms with E-state index in [4.69, 9.17) is 0 Å². The highest BCUT2D eigenvalue weighted by Crippen LogP contribution is 2.61. The first-order valence-electron chi connectivity index (χ1n) is 8.85. The predicted octanol–water partition coefficient (Wildman–Crippen LogP) is 5.03. The van der Waals surface area contributed by atoms with Crippen LogP contribution < -0.4 is 0 Å². The summed E-state index contributed by atoms with van der Waals surface area (Å²) in [5, 5.41) is -6.89. The van der Waals surface area contributed by atoms with Crippen molar-refractivity contribution in [1.29, 1.82) is 0 Å². The summed E-state index contributed by atoms with van der Waals surface area (Å²) >= 11 is 0. The summed E-state index contributed by atoms with van der Waals surface area (Å²) < 4.78 is 146. The lowest BCUT2D eigenvalue weighted by atomic mass is 10.0. The van der Waals surface area contributed by atoms with Crippen molar-refractivity contribution in [3.05, 3.63) is 0 Å². The monoisotopic (exact) mass is 498 g/mol. The third-order valence-electron chi connectivity index (χ3n) is 5.16. The minimum atomic E-state index is -7.35. The van der Waals surface area contributed by atoms with E-state index in [-0.39, 0.29) is 24.3 Å². The lowest BCUT2D eigenvalue weighted by Crippen LogP contribution is -2.63. The Balaban J connectivity index is 2.34. The van der Waals surface area contributed by atoms with Crippen molar-refractivity contribution in [3.63, 3.8) is 0 Å². The third-order valence-corrected chi connectivity index (χ3v) is 10.8. The molecule has 0 unspecified atom stereocenters. The molecule has 0 amide bonds. The van der Waals surface area contributed by atoms with E-state index in [1.807, 2.05) is 0 Å². The lowest BCUT2D eigenvalue weighted by molar-refractivity contribution is -0.382. The van der Waals surface area contributed by atoms with Gasteiger partial charge in [0.2, 0.25) is 0 Å². The first kappa shape index (κ1) is 25.6. The first-order valence-corrected chi connectivity index (χ1v) is 12.3. The minimum Gasteiger partial charge on any atom is -0.298 e. The standard InChI is InChI=1S/C15H19F9O4S2/c16-12(17,14(20,21)22)13(18,19)15(23,24)30(26,27)28-29(7-3-4-8-29)9-11(25)10-5-1-2-6-10/h10H,1-9H2. The van der Waals surface area contributed by atoms with Crippen LogP contribution in [0.2, 0.25) is 0 Å². The second-order valence-electron chi connectivity index (χ2n) is 7.36. The molecule has 1 aliphatic carbocycles. The Bertz CT molecular complexity index is 753. The quantitative estimate of drug-likeness (QED) is 0.441. The van der Waals surface area contributed by atoms with E-state index in [1.165, 1.54) is 0 Å². The molecule has 0 aromatic heterocycles. The second kappa shape index (κ2) is 8.01. The Morgan fingerprint density at radius 1 is 0.833 bits per heavy atom. The number of ketones is 1. The highest BCUT2D eigenvalue weighted by atomic mass is 32.3. The van der Waals surface area contributed by atoms with Gasteiger partial charge in [0.05, 0.1) is 5.75 Å². The molecule has 30 heavy (non-hydrogen) atoms. The number of carbonyl (C=O) groups excluding carboxylic acids is 1. The summed E-state index contributed by atoms with van der Waals surface area (Å²) in [6.07, 6.45) is -4.41. The van der Waals surface area contributed by atoms with E-state index in [1.54, 1.807) is 0 Å². The van der Waals surface area contributed by atoms with Crippen LogP contribution in [0.4, 0.5) is 39.5 Å². The summed E-state index contributed by atoms with van der Waals surface area (Å²) in [6.45, 7) is 0. The number of alkyl halides is 9. The fraction of sp³-hybridized carbons (Fsp3) is 0.933. The van der Waals surface area contributed by atoms with Gasteiger partial charge in [-0.25, -0.2) is 3.63 Å². The molecule has 1 aliphatic heterocycles. The number of rotatable bonds is 8. The van der Waals surface area contributed by atoms with Crippen LogP contribution >= 0.6 is 10.3 Å². The van der Waals surface area contributed by atoms with Gasteiger partial charge in [0.15, 0.2) is 0 Å². The van der Waals surface area contributed by atoms with Crippen LogP contribution in [0, 0.1) is 5.92 Å². The molecule has 0 spiro atoms. The average Bonchev–Trinajstić information content (AvgIpc) is 3.24. The number of hydrogen-bond donors (Lipinski definition) is 0. The maximum Gasteiger partial charge on any atom is 0.460 e. The van der Waals surface area contributed by atoms with E-state index in [2.05, 4.69) is 3.63 Å². The van der Waals surface area contributed by atoms with Gasteiger partial charge in [-0.2, -0.15) is 47.9 Å². The minimum absolute atomic E-state index is 0.198. The van der Waals surface area contributed by atoms with Gasteiger partial charge in [0, 0.05) is 17.4 Å². The summed E-state index contributed by atoms with van der Waals surface area (Å²) in [6, 6.07) is 0. The Labute approximate surface area is 168 Å². The van der Waals surface area contributed by atoms with Gasteiger partial charge < -0.3 is 0 Å². The van der Waals surface area contributed by atoms with E-state index >= 15 is 0 Å². The molecule has 15 heteroatoms. The van der Waals surface area contributed by atoms with Crippen LogP contribution in [0.1, 0.15) is 38.5 Å². The molecule has 0 aromatic carbocycles. The Morgan fingerprint density at radius 2 is 1.30 bits per heavy atom. The Kier molecular flexibility index (Phi) is 6.83. The van der Waals surface area contributed by atoms with Gasteiger partial charge in [-0.1, -0.05) is 12.8 Å².